The van der Waals surface area contributed by atoms with Gasteiger partial charge in [0.25, 0.3) is 0 Å². The molecule has 0 radical (unpaired) electrons. The number of pyridine rings is 1. The van der Waals surface area contributed by atoms with Crippen molar-refractivity contribution in [2.45, 2.75) is 11.8 Å². The Hall–Kier alpha value is -2.46. The highest BCUT2D eigenvalue weighted by atomic mass is 32.2. The molecule has 0 fully saturated rings. The molecule has 0 aliphatic rings. The second-order valence-electron chi connectivity index (χ2n) is 5.04. The first kappa shape index (κ1) is 14.5. The van der Waals surface area contributed by atoms with Crippen molar-refractivity contribution < 1.29 is 8.42 Å². The van der Waals surface area contributed by atoms with Gasteiger partial charge in [-0.05, 0) is 36.1 Å². The van der Waals surface area contributed by atoms with E-state index in [9.17, 15) is 8.42 Å². The van der Waals surface area contributed by atoms with Gasteiger partial charge >= 0.3 is 0 Å². The zero-order valence-corrected chi connectivity index (χ0v) is 12.9. The minimum absolute atomic E-state index is 0.320. The van der Waals surface area contributed by atoms with Crippen molar-refractivity contribution in [2.75, 3.05) is 0 Å². The summed E-state index contributed by atoms with van der Waals surface area (Å²) in [6, 6.07) is 18.2. The third kappa shape index (κ3) is 2.78. The van der Waals surface area contributed by atoms with E-state index in [-0.39, 0.29) is 0 Å². The molecule has 22 heavy (non-hydrogen) atoms. The normalized spacial score (nSPS) is 12.5. The van der Waals surface area contributed by atoms with Gasteiger partial charge in [-0.1, -0.05) is 42.5 Å². The van der Waals surface area contributed by atoms with Gasteiger partial charge in [0.15, 0.2) is 0 Å². The second kappa shape index (κ2) is 5.73. The number of sulfone groups is 1. The number of nitrogens with zero attached hydrogens (tertiary/aromatic N) is 1. The Morgan fingerprint density at radius 2 is 1.68 bits per heavy atom. The van der Waals surface area contributed by atoms with Crippen LogP contribution in [0.4, 0.5) is 0 Å². The molecule has 0 aliphatic carbocycles. The molecular formula is C18H15NO2S. The summed E-state index contributed by atoms with van der Waals surface area (Å²) in [6.07, 6.45) is 1.65. The first-order valence-electron chi connectivity index (χ1n) is 6.90. The summed E-state index contributed by atoms with van der Waals surface area (Å²) in [7, 11) is -3.54. The van der Waals surface area contributed by atoms with Crippen LogP contribution in [0, 0.1) is 0 Å². The molecule has 0 amide bonds. The van der Waals surface area contributed by atoms with Crippen molar-refractivity contribution in [1.29, 1.82) is 0 Å². The highest BCUT2D eigenvalue weighted by Crippen LogP contribution is 2.26. The van der Waals surface area contributed by atoms with Gasteiger partial charge in [0.05, 0.1) is 10.6 Å². The lowest BCUT2D eigenvalue weighted by molar-refractivity contribution is 0.605. The maximum absolute atomic E-state index is 12.7. The van der Waals surface area contributed by atoms with Gasteiger partial charge in [-0.3, -0.25) is 4.98 Å². The summed E-state index contributed by atoms with van der Waals surface area (Å²) in [4.78, 5) is 4.51. The van der Waals surface area contributed by atoms with Crippen LogP contribution >= 0.6 is 0 Å². The van der Waals surface area contributed by atoms with E-state index >= 15 is 0 Å². The topological polar surface area (TPSA) is 47.0 Å². The van der Waals surface area contributed by atoms with Crippen molar-refractivity contribution >= 4 is 26.2 Å². The van der Waals surface area contributed by atoms with Crippen molar-refractivity contribution in [3.63, 3.8) is 0 Å². The molecule has 0 unspecified atom stereocenters. The van der Waals surface area contributed by atoms with Crippen molar-refractivity contribution in [2.24, 2.45) is 0 Å². The summed E-state index contributed by atoms with van der Waals surface area (Å²) in [5, 5.41) is 2.93. The van der Waals surface area contributed by atoms with Crippen molar-refractivity contribution in [1.82, 2.24) is 4.98 Å². The molecule has 0 saturated heterocycles. The third-order valence-electron chi connectivity index (χ3n) is 3.46. The Bertz CT molecular complexity index is 940. The van der Waals surface area contributed by atoms with E-state index in [4.69, 9.17) is 0 Å². The van der Waals surface area contributed by atoms with E-state index in [0.29, 0.717) is 16.2 Å². The fraction of sp³-hybridized carbons (Fsp3) is 0.0556. The highest BCUT2D eigenvalue weighted by molar-refractivity contribution is 7.94. The molecule has 0 N–H and O–H groups in total. The Labute approximate surface area is 129 Å². The van der Waals surface area contributed by atoms with Gasteiger partial charge in [0.1, 0.15) is 0 Å². The number of fused-ring (bicyclic) bond motifs is 1. The maximum Gasteiger partial charge on any atom is 0.200 e. The molecule has 2 aromatic carbocycles. The van der Waals surface area contributed by atoms with Crippen LogP contribution in [-0.2, 0) is 9.84 Å². The molecule has 1 aromatic heterocycles. The molecule has 0 saturated carbocycles. The first-order chi connectivity index (χ1) is 10.6. The Balaban J connectivity index is 2.13. The molecule has 3 rings (SSSR count). The van der Waals surface area contributed by atoms with E-state index in [0.717, 1.165) is 10.8 Å². The fourth-order valence-corrected chi connectivity index (χ4v) is 3.87. The van der Waals surface area contributed by atoms with Crippen LogP contribution in [0.1, 0.15) is 12.6 Å². The monoisotopic (exact) mass is 309 g/mol. The zero-order valence-electron chi connectivity index (χ0n) is 12.1. The third-order valence-corrected chi connectivity index (χ3v) is 5.09. The summed E-state index contributed by atoms with van der Waals surface area (Å²) in [6.45, 7) is 1.75. The number of allylic oxidation sites excluding steroid dienone is 1. The average molecular weight is 309 g/mol. The van der Waals surface area contributed by atoms with Crippen LogP contribution in [-0.4, -0.2) is 13.4 Å². The lowest BCUT2D eigenvalue weighted by atomic mass is 10.1. The minimum atomic E-state index is -3.54. The molecule has 4 heteroatoms. The van der Waals surface area contributed by atoms with Crippen molar-refractivity contribution in [3.05, 3.63) is 78.0 Å². The molecule has 3 nitrogen and oxygen atoms in total. The Morgan fingerprint density at radius 3 is 2.45 bits per heavy atom. The molecule has 0 atom stereocenters. The van der Waals surface area contributed by atoms with Crippen LogP contribution in [0.3, 0.4) is 0 Å². The van der Waals surface area contributed by atoms with Gasteiger partial charge in [0.2, 0.25) is 9.84 Å². The largest absolute Gasteiger partial charge is 0.257 e. The first-order valence-corrected chi connectivity index (χ1v) is 8.45. The molecule has 1 heterocycles. The SMILES string of the molecule is C/C(=C\S(=O)(=O)c1cccc2ccccc12)c1ccccn1. The second-order valence-corrected chi connectivity index (χ2v) is 6.80. The molecule has 0 spiro atoms. The van der Waals surface area contributed by atoms with Crippen LogP contribution < -0.4 is 0 Å². The van der Waals surface area contributed by atoms with Gasteiger partial charge < -0.3 is 0 Å². The van der Waals surface area contributed by atoms with Crippen molar-refractivity contribution in [3.8, 4) is 0 Å². The summed E-state index contributed by atoms with van der Waals surface area (Å²) in [5.74, 6) is 0. The van der Waals surface area contributed by atoms with E-state index < -0.39 is 9.84 Å². The molecule has 0 bridgehead atoms. The fourth-order valence-electron chi connectivity index (χ4n) is 2.40. The minimum Gasteiger partial charge on any atom is -0.257 e. The van der Waals surface area contributed by atoms with E-state index in [1.54, 1.807) is 37.4 Å². The van der Waals surface area contributed by atoms with Crippen LogP contribution in [0.5, 0.6) is 0 Å². The lowest BCUT2D eigenvalue weighted by Crippen LogP contribution is -1.99. The number of benzene rings is 2. The molecule has 3 aromatic rings. The quantitative estimate of drug-likeness (QED) is 0.732. The Kier molecular flexibility index (Phi) is 3.77. The lowest BCUT2D eigenvalue weighted by Gasteiger charge is -2.06. The average Bonchev–Trinajstić information content (AvgIpc) is 2.54. The summed E-state index contributed by atoms with van der Waals surface area (Å²) in [5.41, 5.74) is 1.28. The maximum atomic E-state index is 12.7. The summed E-state index contributed by atoms with van der Waals surface area (Å²) < 4.78 is 25.5. The molecular weight excluding hydrogens is 294 g/mol. The van der Waals surface area contributed by atoms with Gasteiger partial charge in [-0.25, -0.2) is 8.42 Å². The van der Waals surface area contributed by atoms with Crippen LogP contribution in [0.2, 0.25) is 0 Å². The number of hydrogen-bond acceptors (Lipinski definition) is 3. The smallest absolute Gasteiger partial charge is 0.200 e. The highest BCUT2D eigenvalue weighted by Gasteiger charge is 2.15. The van der Waals surface area contributed by atoms with Gasteiger partial charge in [-0.15, -0.1) is 0 Å². The predicted molar refractivity (Wildman–Crippen MR) is 89.0 cm³/mol. The van der Waals surface area contributed by atoms with E-state index in [1.807, 2.05) is 36.4 Å². The summed E-state index contributed by atoms with van der Waals surface area (Å²) >= 11 is 0. The van der Waals surface area contributed by atoms with E-state index in [1.165, 1.54) is 5.41 Å². The molecule has 0 aliphatic heterocycles. The number of aromatic nitrogens is 1. The number of rotatable bonds is 3. The Morgan fingerprint density at radius 1 is 0.955 bits per heavy atom. The van der Waals surface area contributed by atoms with Gasteiger partial charge in [-0.2, -0.15) is 0 Å². The zero-order chi connectivity index (χ0) is 15.6. The number of hydrogen-bond donors (Lipinski definition) is 0. The van der Waals surface area contributed by atoms with Crippen LogP contribution in [0.25, 0.3) is 16.3 Å². The molecule has 110 valence electrons. The van der Waals surface area contributed by atoms with E-state index in [2.05, 4.69) is 4.98 Å². The predicted octanol–water partition coefficient (Wildman–Crippen LogP) is 4.07. The van der Waals surface area contributed by atoms with Gasteiger partial charge in [0, 0.05) is 17.0 Å². The standard InChI is InChI=1S/C18H15NO2S/c1-14(17-10-4-5-12-19-17)13-22(20,21)18-11-6-8-15-7-2-3-9-16(15)18/h2-13H,1H3/b14-13+. The van der Waals surface area contributed by atoms with Crippen LogP contribution in [0.15, 0.2) is 77.2 Å².